The third-order valence-electron chi connectivity index (χ3n) is 3.83. The van der Waals surface area contributed by atoms with Gasteiger partial charge in [0.05, 0.1) is 22.5 Å². The molecule has 0 atom stereocenters. The van der Waals surface area contributed by atoms with Crippen LogP contribution in [0, 0.1) is 0 Å². The zero-order chi connectivity index (χ0) is 23.3. The highest BCUT2D eigenvalue weighted by Gasteiger charge is 2.33. The first-order chi connectivity index (χ1) is 15.2. The average molecular weight is 483 g/mol. The van der Waals surface area contributed by atoms with Crippen LogP contribution in [0.1, 0.15) is 16.1 Å². The van der Waals surface area contributed by atoms with Gasteiger partial charge in [-0.1, -0.05) is 11.6 Å². The molecule has 0 radical (unpaired) electrons. The quantitative estimate of drug-likeness (QED) is 0.455. The Morgan fingerprint density at radius 1 is 0.969 bits per heavy atom. The van der Waals surface area contributed by atoms with Crippen LogP contribution in [0.5, 0.6) is 0 Å². The molecular weight excluding hydrogens is 469 g/mol. The second-order valence-electron chi connectivity index (χ2n) is 6.08. The Balaban J connectivity index is 1.62. The molecule has 0 aliphatic rings. The van der Waals surface area contributed by atoms with Crippen molar-refractivity contribution in [2.24, 2.45) is 0 Å². The van der Waals surface area contributed by atoms with Gasteiger partial charge in [0.15, 0.2) is 0 Å². The molecule has 0 unspecified atom stereocenters. The molecule has 0 saturated heterocycles. The lowest BCUT2D eigenvalue weighted by Gasteiger charge is -2.12. The lowest BCUT2D eigenvalue weighted by molar-refractivity contribution is -0.137. The van der Waals surface area contributed by atoms with E-state index in [4.69, 9.17) is 11.6 Å². The van der Waals surface area contributed by atoms with E-state index >= 15 is 0 Å². The number of halogens is 4. The van der Waals surface area contributed by atoms with Crippen LogP contribution in [0.4, 0.5) is 29.3 Å². The Labute approximate surface area is 189 Å². The molecule has 0 aliphatic heterocycles. The van der Waals surface area contributed by atoms with E-state index < -0.39 is 22.8 Å². The maximum Gasteiger partial charge on any atom is 0.417 e. The first-order valence-corrected chi connectivity index (χ1v) is 9.98. The van der Waals surface area contributed by atoms with Crippen LogP contribution in [0.2, 0.25) is 5.02 Å². The molecule has 0 aliphatic carbocycles. The molecular formula is C19H14ClF3N6O2S. The lowest BCUT2D eigenvalue weighted by Crippen LogP contribution is -2.20. The van der Waals surface area contributed by atoms with Crippen molar-refractivity contribution >= 4 is 46.7 Å². The van der Waals surface area contributed by atoms with Crippen molar-refractivity contribution in [1.29, 1.82) is 0 Å². The number of hydrogen-bond donors (Lipinski definition) is 3. The summed E-state index contributed by atoms with van der Waals surface area (Å²) in [7, 11) is 1.49. The summed E-state index contributed by atoms with van der Waals surface area (Å²) in [6, 6.07) is 6.96. The normalized spacial score (nSPS) is 11.0. The van der Waals surface area contributed by atoms with Gasteiger partial charge in [0.1, 0.15) is 22.1 Å². The maximum atomic E-state index is 12.9. The number of hydrogen-bond acceptors (Lipinski definition) is 6. The highest BCUT2D eigenvalue weighted by atomic mass is 35.5. The molecule has 3 aromatic rings. The van der Waals surface area contributed by atoms with Crippen molar-refractivity contribution < 1.29 is 22.8 Å². The highest BCUT2D eigenvalue weighted by molar-refractivity contribution is 7.99. The first kappa shape index (κ1) is 23.3. The van der Waals surface area contributed by atoms with Crippen LogP contribution in [0.15, 0.2) is 59.0 Å². The van der Waals surface area contributed by atoms with E-state index in [0.29, 0.717) is 15.7 Å². The summed E-state index contributed by atoms with van der Waals surface area (Å²) >= 11 is 6.74. The third-order valence-corrected chi connectivity index (χ3v) is 5.05. The van der Waals surface area contributed by atoms with Gasteiger partial charge >= 0.3 is 12.2 Å². The Hall–Kier alpha value is -3.38. The second kappa shape index (κ2) is 9.83. The van der Waals surface area contributed by atoms with Crippen molar-refractivity contribution in [2.75, 3.05) is 17.7 Å². The number of alkyl halides is 3. The fourth-order valence-corrected chi connectivity index (χ4v) is 3.33. The van der Waals surface area contributed by atoms with E-state index in [1.807, 2.05) is 0 Å². The molecule has 2 aromatic heterocycles. The molecule has 0 saturated carbocycles. The number of anilines is 2. The number of benzene rings is 1. The van der Waals surface area contributed by atoms with Crippen LogP contribution in [-0.2, 0) is 6.18 Å². The van der Waals surface area contributed by atoms with Gasteiger partial charge in [0.2, 0.25) is 0 Å². The first-order valence-electron chi connectivity index (χ1n) is 8.78. The molecule has 0 bridgehead atoms. The number of carbonyl (C=O) groups excluding carboxylic acids is 2. The fraction of sp³-hybridized carbons (Fsp3) is 0.105. The number of pyridine rings is 1. The number of carbonyl (C=O) groups is 2. The number of aromatic nitrogens is 3. The van der Waals surface area contributed by atoms with Gasteiger partial charge < -0.3 is 16.0 Å². The summed E-state index contributed by atoms with van der Waals surface area (Å²) in [6.07, 6.45) is -2.02. The van der Waals surface area contributed by atoms with E-state index in [2.05, 4.69) is 30.9 Å². The molecule has 8 nitrogen and oxygen atoms in total. The Bertz CT molecular complexity index is 1140. The smallest absolute Gasteiger partial charge is 0.354 e. The van der Waals surface area contributed by atoms with Gasteiger partial charge in [-0.3, -0.25) is 4.79 Å². The number of amides is 3. The fourth-order valence-electron chi connectivity index (χ4n) is 2.38. The van der Waals surface area contributed by atoms with Crippen molar-refractivity contribution in [3.05, 3.63) is 65.2 Å². The van der Waals surface area contributed by atoms with E-state index in [1.165, 1.54) is 43.5 Å². The summed E-state index contributed by atoms with van der Waals surface area (Å²) in [5, 5.41) is 7.81. The Morgan fingerprint density at radius 2 is 1.69 bits per heavy atom. The minimum Gasteiger partial charge on any atom is -0.354 e. The lowest BCUT2D eigenvalue weighted by atomic mass is 10.2. The zero-order valence-electron chi connectivity index (χ0n) is 16.2. The molecule has 1 aromatic carbocycles. The minimum atomic E-state index is -4.65. The predicted molar refractivity (Wildman–Crippen MR) is 113 cm³/mol. The minimum absolute atomic E-state index is 0.0740. The molecule has 2 heterocycles. The van der Waals surface area contributed by atoms with Gasteiger partial charge in [-0.25, -0.2) is 19.7 Å². The molecule has 32 heavy (non-hydrogen) atoms. The third kappa shape index (κ3) is 6.08. The summed E-state index contributed by atoms with van der Waals surface area (Å²) in [6.45, 7) is 0. The second-order valence-corrected chi connectivity index (χ2v) is 7.53. The Kier molecular flexibility index (Phi) is 7.15. The monoisotopic (exact) mass is 482 g/mol. The molecule has 0 spiro atoms. The van der Waals surface area contributed by atoms with E-state index in [-0.39, 0.29) is 17.3 Å². The summed E-state index contributed by atoms with van der Waals surface area (Å²) in [5.41, 5.74) is -0.610. The van der Waals surface area contributed by atoms with Crippen LogP contribution in [-0.4, -0.2) is 33.9 Å². The van der Waals surface area contributed by atoms with Gasteiger partial charge in [0, 0.05) is 18.8 Å². The van der Waals surface area contributed by atoms with E-state index in [1.54, 1.807) is 12.1 Å². The van der Waals surface area contributed by atoms with Gasteiger partial charge in [0.25, 0.3) is 5.91 Å². The molecule has 3 rings (SSSR count). The predicted octanol–water partition coefficient (Wildman–Crippen LogP) is 4.70. The van der Waals surface area contributed by atoms with Gasteiger partial charge in [-0.15, -0.1) is 0 Å². The van der Waals surface area contributed by atoms with E-state index in [0.717, 1.165) is 12.1 Å². The van der Waals surface area contributed by atoms with Crippen LogP contribution in [0.25, 0.3) is 0 Å². The summed E-state index contributed by atoms with van der Waals surface area (Å²) < 4.78 is 38.8. The zero-order valence-corrected chi connectivity index (χ0v) is 17.8. The average Bonchev–Trinajstić information content (AvgIpc) is 2.75. The van der Waals surface area contributed by atoms with Crippen molar-refractivity contribution in [3.8, 4) is 0 Å². The van der Waals surface area contributed by atoms with Crippen molar-refractivity contribution in [3.63, 3.8) is 0 Å². The number of nitrogens with one attached hydrogen (secondary N) is 3. The summed E-state index contributed by atoms with van der Waals surface area (Å²) in [5.74, 6) is -0.351. The van der Waals surface area contributed by atoms with Gasteiger partial charge in [-0.2, -0.15) is 13.2 Å². The number of rotatable bonds is 5. The molecule has 3 N–H and O–H groups in total. The largest absolute Gasteiger partial charge is 0.417 e. The SMILES string of the molecule is CNC(=O)c1cc(Sc2ccc(NC(=O)Nc3ccc(Cl)c(C(F)(F)F)c3)cn2)ncn1. The van der Waals surface area contributed by atoms with Crippen molar-refractivity contribution in [2.45, 2.75) is 16.2 Å². The Morgan fingerprint density at radius 3 is 2.34 bits per heavy atom. The maximum absolute atomic E-state index is 12.9. The molecule has 166 valence electrons. The van der Waals surface area contributed by atoms with Crippen LogP contribution >= 0.6 is 23.4 Å². The standard InChI is InChI=1S/C19H14ClF3N6O2S/c1-24-17(30)14-7-16(27-9-26-14)32-15-5-3-11(8-25-15)29-18(31)28-10-2-4-13(20)12(6-10)19(21,22)23/h2-9H,1H3,(H,24,30)(H2,28,29,31). The molecule has 0 fully saturated rings. The van der Waals surface area contributed by atoms with Crippen LogP contribution < -0.4 is 16.0 Å². The topological polar surface area (TPSA) is 109 Å². The molecule has 3 amide bonds. The number of urea groups is 1. The summed E-state index contributed by atoms with van der Waals surface area (Å²) in [4.78, 5) is 35.9. The van der Waals surface area contributed by atoms with Crippen LogP contribution in [0.3, 0.4) is 0 Å². The molecule has 13 heteroatoms. The highest BCUT2D eigenvalue weighted by Crippen LogP contribution is 2.36. The van der Waals surface area contributed by atoms with Crippen molar-refractivity contribution in [1.82, 2.24) is 20.3 Å². The van der Waals surface area contributed by atoms with Gasteiger partial charge in [-0.05, 0) is 42.1 Å². The number of nitrogens with zero attached hydrogens (tertiary/aromatic N) is 3. The van der Waals surface area contributed by atoms with E-state index in [9.17, 15) is 22.8 Å².